The first-order chi connectivity index (χ1) is 17.8. The van der Waals surface area contributed by atoms with E-state index in [0.29, 0.717) is 34.6 Å². The summed E-state index contributed by atoms with van der Waals surface area (Å²) in [7, 11) is 5.35. The van der Waals surface area contributed by atoms with Crippen LogP contribution in [0.1, 0.15) is 34.1 Å². The van der Waals surface area contributed by atoms with Gasteiger partial charge in [0.15, 0.2) is 0 Å². The zero-order valence-electron chi connectivity index (χ0n) is 21.3. The molecule has 9 heteroatoms. The third kappa shape index (κ3) is 5.90. The number of carbonyl (C=O) groups is 3. The van der Waals surface area contributed by atoms with Crippen molar-refractivity contribution < 1.29 is 19.1 Å². The Morgan fingerprint density at radius 3 is 2.43 bits per heavy atom. The van der Waals surface area contributed by atoms with Crippen LogP contribution in [-0.2, 0) is 14.3 Å². The predicted octanol–water partition coefficient (Wildman–Crippen LogP) is 4.77. The van der Waals surface area contributed by atoms with Crippen LogP contribution in [0.5, 0.6) is 0 Å². The molecule has 0 radical (unpaired) electrons. The molecule has 2 N–H and O–H groups in total. The van der Waals surface area contributed by atoms with Crippen molar-refractivity contribution >= 4 is 57.5 Å². The van der Waals surface area contributed by atoms with Crippen LogP contribution >= 0.6 is 11.3 Å². The fraction of sp³-hybridized carbons (Fsp3) is 0.250. The van der Waals surface area contributed by atoms with Gasteiger partial charge in [0.05, 0.1) is 34.5 Å². The number of fused-ring (bicyclic) bond motifs is 1. The third-order valence-electron chi connectivity index (χ3n) is 6.02. The Morgan fingerprint density at radius 1 is 1.05 bits per heavy atom. The van der Waals surface area contributed by atoms with Crippen LogP contribution in [0.4, 0.5) is 17.1 Å². The first kappa shape index (κ1) is 26.1. The number of esters is 1. The number of benzene rings is 2. The normalized spacial score (nSPS) is 13.7. The lowest BCUT2D eigenvalue weighted by Gasteiger charge is -2.22. The van der Waals surface area contributed by atoms with Crippen molar-refractivity contribution in [2.75, 3.05) is 49.8 Å². The molecule has 2 aromatic carbocycles. The lowest BCUT2D eigenvalue weighted by molar-refractivity contribution is -0.116. The van der Waals surface area contributed by atoms with E-state index in [0.717, 1.165) is 29.2 Å². The third-order valence-corrected chi connectivity index (χ3v) is 6.91. The number of hydrogen-bond donors (Lipinski definition) is 2. The lowest BCUT2D eigenvalue weighted by atomic mass is 10.0. The number of hydrogen-bond acceptors (Lipinski definition) is 7. The monoisotopic (exact) mass is 518 g/mol. The first-order valence-corrected chi connectivity index (χ1v) is 12.8. The van der Waals surface area contributed by atoms with Crippen molar-refractivity contribution in [2.45, 2.75) is 13.3 Å². The minimum atomic E-state index is -0.465. The number of nitrogens with one attached hydrogen (secondary N) is 2. The van der Waals surface area contributed by atoms with Gasteiger partial charge < -0.3 is 25.2 Å². The Labute approximate surface area is 220 Å². The van der Waals surface area contributed by atoms with Gasteiger partial charge in [-0.1, -0.05) is 12.1 Å². The molecule has 0 spiro atoms. The van der Waals surface area contributed by atoms with Gasteiger partial charge in [-0.2, -0.15) is 0 Å². The Hall–Kier alpha value is -3.95. The van der Waals surface area contributed by atoms with Crippen molar-refractivity contribution in [1.82, 2.24) is 4.90 Å². The van der Waals surface area contributed by atoms with Gasteiger partial charge in [-0.25, -0.2) is 4.79 Å². The molecular weight excluding hydrogens is 488 g/mol. The van der Waals surface area contributed by atoms with Crippen LogP contribution in [0.3, 0.4) is 0 Å². The minimum Gasteiger partial charge on any atom is -0.465 e. The van der Waals surface area contributed by atoms with Crippen LogP contribution in [0, 0.1) is 0 Å². The smallest absolute Gasteiger partial charge is 0.337 e. The van der Waals surface area contributed by atoms with E-state index in [1.54, 1.807) is 30.0 Å². The maximum absolute atomic E-state index is 13.1. The zero-order valence-corrected chi connectivity index (χ0v) is 22.1. The van der Waals surface area contributed by atoms with E-state index >= 15 is 0 Å². The van der Waals surface area contributed by atoms with E-state index in [-0.39, 0.29) is 11.8 Å². The summed E-state index contributed by atoms with van der Waals surface area (Å²) in [5, 5.41) is 8.25. The van der Waals surface area contributed by atoms with Crippen molar-refractivity contribution in [2.24, 2.45) is 0 Å². The molecule has 3 aromatic rings. The average Bonchev–Trinajstić information content (AvgIpc) is 3.52. The second-order valence-corrected chi connectivity index (χ2v) is 9.88. The van der Waals surface area contributed by atoms with E-state index < -0.39 is 5.97 Å². The molecule has 37 heavy (non-hydrogen) atoms. The molecule has 4 rings (SSSR count). The summed E-state index contributed by atoms with van der Waals surface area (Å²) < 4.78 is 4.81. The Bertz CT molecular complexity index is 1330. The van der Waals surface area contributed by atoms with E-state index in [1.165, 1.54) is 18.4 Å². The molecule has 0 saturated carbocycles. The molecule has 0 aliphatic carbocycles. The van der Waals surface area contributed by atoms with Gasteiger partial charge >= 0.3 is 5.97 Å². The summed E-state index contributed by atoms with van der Waals surface area (Å²) in [5.41, 5.74) is 4.39. The van der Waals surface area contributed by atoms with Gasteiger partial charge in [-0.3, -0.25) is 9.59 Å². The quantitative estimate of drug-likeness (QED) is 0.313. The summed E-state index contributed by atoms with van der Waals surface area (Å²) in [5.74, 6) is -0.730. The summed E-state index contributed by atoms with van der Waals surface area (Å²) in [4.78, 5) is 42.1. The number of carbonyl (C=O) groups excluding carboxylic acids is 3. The summed E-state index contributed by atoms with van der Waals surface area (Å²) in [6.45, 7) is 3.10. The first-order valence-electron chi connectivity index (χ1n) is 11.9. The molecule has 0 fully saturated rings. The van der Waals surface area contributed by atoms with E-state index in [2.05, 4.69) is 15.5 Å². The SMILES string of the molecule is COC(=O)c1ccc2c(c1)NC(=O)/C2=C(\Nc1ccc(N(CCCN(C)C)C(C)=O)cc1)c1cccs1. The Balaban J connectivity index is 1.65. The maximum Gasteiger partial charge on any atom is 0.337 e. The number of rotatable bonds is 9. The summed E-state index contributed by atoms with van der Waals surface area (Å²) in [6, 6.07) is 16.5. The van der Waals surface area contributed by atoms with Crippen LogP contribution < -0.4 is 15.5 Å². The van der Waals surface area contributed by atoms with Crippen molar-refractivity contribution in [3.05, 3.63) is 76.0 Å². The van der Waals surface area contributed by atoms with Gasteiger partial charge in [0.1, 0.15) is 0 Å². The molecule has 1 aromatic heterocycles. The van der Waals surface area contributed by atoms with Gasteiger partial charge in [0.25, 0.3) is 5.91 Å². The summed E-state index contributed by atoms with van der Waals surface area (Å²) in [6.07, 6.45) is 0.868. The van der Waals surface area contributed by atoms with E-state index in [9.17, 15) is 14.4 Å². The molecule has 8 nitrogen and oxygen atoms in total. The molecule has 0 bridgehead atoms. The molecule has 2 amide bonds. The zero-order chi connectivity index (χ0) is 26.5. The van der Waals surface area contributed by atoms with Crippen molar-refractivity contribution in [3.8, 4) is 0 Å². The van der Waals surface area contributed by atoms with Gasteiger partial charge in [0.2, 0.25) is 5.91 Å². The second kappa shape index (κ2) is 11.4. The minimum absolute atomic E-state index is 0.00795. The van der Waals surface area contributed by atoms with Crippen LogP contribution in [-0.4, -0.2) is 57.0 Å². The highest BCUT2D eigenvalue weighted by molar-refractivity contribution is 7.11. The fourth-order valence-corrected chi connectivity index (χ4v) is 4.95. The number of thiophene rings is 1. The van der Waals surface area contributed by atoms with E-state index in [1.807, 2.05) is 55.9 Å². The highest BCUT2D eigenvalue weighted by Gasteiger charge is 2.29. The highest BCUT2D eigenvalue weighted by Crippen LogP contribution is 2.39. The number of ether oxygens (including phenoxy) is 1. The van der Waals surface area contributed by atoms with Crippen molar-refractivity contribution in [1.29, 1.82) is 0 Å². The molecule has 192 valence electrons. The molecule has 1 aliphatic rings. The summed E-state index contributed by atoms with van der Waals surface area (Å²) >= 11 is 1.52. The topological polar surface area (TPSA) is 91.0 Å². The number of anilines is 3. The highest BCUT2D eigenvalue weighted by atomic mass is 32.1. The molecule has 1 aliphatic heterocycles. The Kier molecular flexibility index (Phi) is 8.05. The van der Waals surface area contributed by atoms with Gasteiger partial charge in [0, 0.05) is 30.4 Å². The van der Waals surface area contributed by atoms with Crippen LogP contribution in [0.25, 0.3) is 11.3 Å². The van der Waals surface area contributed by atoms with Gasteiger partial charge in [-0.05, 0) is 74.9 Å². The van der Waals surface area contributed by atoms with E-state index in [4.69, 9.17) is 4.74 Å². The molecule has 0 atom stereocenters. The fourth-order valence-electron chi connectivity index (χ4n) is 4.22. The standard InChI is InChI=1S/C28H30N4O4S/c1-18(33)32(15-6-14-31(2)3)21-11-9-20(10-12-21)29-26(24-7-5-16-37-24)25-22-13-8-19(28(35)36-4)17-23(22)30-27(25)34/h5,7-13,16-17,29H,6,14-15H2,1-4H3,(H,30,34)/b26-25-. The number of nitrogens with zero attached hydrogens (tertiary/aromatic N) is 2. The number of amides is 2. The predicted molar refractivity (Wildman–Crippen MR) is 149 cm³/mol. The van der Waals surface area contributed by atoms with Gasteiger partial charge in [-0.15, -0.1) is 11.3 Å². The number of methoxy groups -OCH3 is 1. The molecular formula is C28H30N4O4S. The molecule has 2 heterocycles. The Morgan fingerprint density at radius 2 is 1.81 bits per heavy atom. The maximum atomic E-state index is 13.1. The molecule has 0 unspecified atom stereocenters. The van der Waals surface area contributed by atoms with Crippen LogP contribution in [0.15, 0.2) is 60.0 Å². The molecule has 0 saturated heterocycles. The largest absolute Gasteiger partial charge is 0.465 e. The average molecular weight is 519 g/mol. The second-order valence-electron chi connectivity index (χ2n) is 8.93. The van der Waals surface area contributed by atoms with Crippen LogP contribution in [0.2, 0.25) is 0 Å². The lowest BCUT2D eigenvalue weighted by Crippen LogP contribution is -2.31. The van der Waals surface area contributed by atoms with Crippen molar-refractivity contribution in [3.63, 3.8) is 0 Å².